The molecule has 0 amide bonds. The van der Waals surface area contributed by atoms with Gasteiger partial charge in [0.25, 0.3) is 0 Å². The molecule has 6 heteroatoms. The Morgan fingerprint density at radius 3 is 2.44 bits per heavy atom. The van der Waals surface area contributed by atoms with Crippen molar-refractivity contribution in [3.8, 4) is 5.75 Å². The summed E-state index contributed by atoms with van der Waals surface area (Å²) in [6, 6.07) is 7.66. The Labute approximate surface area is 163 Å². The van der Waals surface area contributed by atoms with E-state index in [4.69, 9.17) is 9.47 Å². The number of hydrogen-bond donors (Lipinski definition) is 0. The van der Waals surface area contributed by atoms with Gasteiger partial charge in [0.1, 0.15) is 17.6 Å². The third-order valence-corrected chi connectivity index (χ3v) is 7.51. The fraction of sp³-hybridized carbons (Fsp3) is 0.667. The fourth-order valence-corrected chi connectivity index (χ4v) is 4.09. The van der Waals surface area contributed by atoms with Crippen LogP contribution in [0.1, 0.15) is 58.4 Å². The standard InChI is InChI=1S/C21H32O5S/c1-21(2,3)27(23,24)14-6-4-5-7-18(22)15-17-8-10-19(11-9-17)26-20-12-13-25-16-20/h8-11,20H,4-7,12-16H2,1-3H3. The predicted molar refractivity (Wildman–Crippen MR) is 107 cm³/mol. The zero-order chi connectivity index (χ0) is 19.9. The summed E-state index contributed by atoms with van der Waals surface area (Å²) < 4.78 is 34.5. The van der Waals surface area contributed by atoms with Crippen molar-refractivity contribution in [1.82, 2.24) is 0 Å². The molecule has 1 aliphatic rings. The predicted octanol–water partition coefficient (Wildman–Crippen LogP) is 3.74. The summed E-state index contributed by atoms with van der Waals surface area (Å²) >= 11 is 0. The molecule has 5 nitrogen and oxygen atoms in total. The van der Waals surface area contributed by atoms with Crippen molar-refractivity contribution in [3.05, 3.63) is 29.8 Å². The van der Waals surface area contributed by atoms with Crippen LogP contribution >= 0.6 is 0 Å². The Bertz CT molecular complexity index is 695. The average molecular weight is 397 g/mol. The van der Waals surface area contributed by atoms with Crippen LogP contribution in [0.25, 0.3) is 0 Å². The molecule has 1 aromatic rings. The number of ketones is 1. The van der Waals surface area contributed by atoms with E-state index in [0.29, 0.717) is 25.9 Å². The quantitative estimate of drug-likeness (QED) is 0.564. The number of ether oxygens (including phenoxy) is 2. The third kappa shape index (κ3) is 7.26. The van der Waals surface area contributed by atoms with Crippen molar-refractivity contribution in [2.24, 2.45) is 0 Å². The summed E-state index contributed by atoms with van der Waals surface area (Å²) in [7, 11) is -3.06. The molecule has 1 heterocycles. The average Bonchev–Trinajstić information content (AvgIpc) is 3.08. The molecule has 0 aliphatic carbocycles. The first-order chi connectivity index (χ1) is 12.7. The molecule has 0 saturated carbocycles. The van der Waals surface area contributed by atoms with Gasteiger partial charge >= 0.3 is 0 Å². The number of carbonyl (C=O) groups is 1. The highest BCUT2D eigenvalue weighted by Gasteiger charge is 2.27. The van der Waals surface area contributed by atoms with E-state index in [1.807, 2.05) is 24.3 Å². The highest BCUT2D eigenvalue weighted by atomic mass is 32.2. The van der Waals surface area contributed by atoms with Crippen LogP contribution < -0.4 is 4.74 Å². The summed E-state index contributed by atoms with van der Waals surface area (Å²) in [6.45, 7) is 6.56. The van der Waals surface area contributed by atoms with Gasteiger partial charge in [-0.25, -0.2) is 8.42 Å². The van der Waals surface area contributed by atoms with Gasteiger partial charge in [0.05, 0.1) is 23.7 Å². The van der Waals surface area contributed by atoms with E-state index in [-0.39, 0.29) is 17.6 Å². The second-order valence-electron chi connectivity index (χ2n) is 8.20. The Kier molecular flexibility index (Phi) is 7.86. The van der Waals surface area contributed by atoms with Gasteiger partial charge < -0.3 is 9.47 Å². The summed E-state index contributed by atoms with van der Waals surface area (Å²) in [4.78, 5) is 12.1. The van der Waals surface area contributed by atoms with Gasteiger partial charge in [0.2, 0.25) is 0 Å². The van der Waals surface area contributed by atoms with E-state index < -0.39 is 14.6 Å². The zero-order valence-corrected chi connectivity index (χ0v) is 17.5. The smallest absolute Gasteiger partial charge is 0.155 e. The van der Waals surface area contributed by atoms with Gasteiger partial charge in [-0.15, -0.1) is 0 Å². The fourth-order valence-electron chi connectivity index (χ4n) is 2.90. The van der Waals surface area contributed by atoms with Gasteiger partial charge in [0, 0.05) is 19.3 Å². The van der Waals surface area contributed by atoms with E-state index in [9.17, 15) is 13.2 Å². The molecule has 1 atom stereocenters. The van der Waals surface area contributed by atoms with Crippen molar-refractivity contribution in [2.75, 3.05) is 19.0 Å². The van der Waals surface area contributed by atoms with Crippen LogP contribution in [0.2, 0.25) is 0 Å². The van der Waals surface area contributed by atoms with Crippen LogP contribution in [0.5, 0.6) is 5.75 Å². The second-order valence-corrected chi connectivity index (χ2v) is 11.1. The second kappa shape index (κ2) is 9.69. The lowest BCUT2D eigenvalue weighted by atomic mass is 10.0. The minimum Gasteiger partial charge on any atom is -0.488 e. The lowest BCUT2D eigenvalue weighted by Gasteiger charge is -2.18. The lowest BCUT2D eigenvalue weighted by Crippen LogP contribution is -2.30. The topological polar surface area (TPSA) is 69.7 Å². The van der Waals surface area contributed by atoms with Crippen LogP contribution in [-0.2, 0) is 25.8 Å². The van der Waals surface area contributed by atoms with Crippen LogP contribution in [0.4, 0.5) is 0 Å². The van der Waals surface area contributed by atoms with Crippen molar-refractivity contribution >= 4 is 15.6 Å². The molecule has 152 valence electrons. The Hall–Kier alpha value is -1.40. The molecule has 1 aliphatic heterocycles. The minimum absolute atomic E-state index is 0.125. The Morgan fingerprint density at radius 1 is 1.15 bits per heavy atom. The van der Waals surface area contributed by atoms with Crippen LogP contribution in [0.15, 0.2) is 24.3 Å². The first-order valence-corrected chi connectivity index (χ1v) is 11.4. The highest BCUT2D eigenvalue weighted by Crippen LogP contribution is 2.19. The van der Waals surface area contributed by atoms with Gasteiger partial charge in [-0.2, -0.15) is 0 Å². The number of hydrogen-bond acceptors (Lipinski definition) is 5. The molecule has 1 saturated heterocycles. The number of rotatable bonds is 10. The van der Waals surface area contributed by atoms with E-state index in [1.165, 1.54) is 0 Å². The zero-order valence-electron chi connectivity index (χ0n) is 16.7. The van der Waals surface area contributed by atoms with Gasteiger partial charge in [-0.3, -0.25) is 4.79 Å². The summed E-state index contributed by atoms with van der Waals surface area (Å²) in [5.74, 6) is 1.19. The lowest BCUT2D eigenvalue weighted by molar-refractivity contribution is -0.118. The largest absolute Gasteiger partial charge is 0.488 e. The Balaban J connectivity index is 1.65. The third-order valence-electron chi connectivity index (χ3n) is 4.82. The summed E-state index contributed by atoms with van der Waals surface area (Å²) in [6.07, 6.45) is 4.06. The van der Waals surface area contributed by atoms with Gasteiger partial charge in [0.15, 0.2) is 9.84 Å². The van der Waals surface area contributed by atoms with Crippen LogP contribution in [0, 0.1) is 0 Å². The molecule has 1 fully saturated rings. The number of sulfone groups is 1. The number of unbranched alkanes of at least 4 members (excludes halogenated alkanes) is 2. The monoisotopic (exact) mass is 396 g/mol. The van der Waals surface area contributed by atoms with Gasteiger partial charge in [-0.1, -0.05) is 18.6 Å². The van der Waals surface area contributed by atoms with E-state index in [2.05, 4.69) is 0 Å². The number of benzene rings is 1. The van der Waals surface area contributed by atoms with Crippen molar-refractivity contribution < 1.29 is 22.7 Å². The van der Waals surface area contributed by atoms with Crippen LogP contribution in [0.3, 0.4) is 0 Å². The maximum absolute atomic E-state index is 12.1. The van der Waals surface area contributed by atoms with Crippen molar-refractivity contribution in [3.63, 3.8) is 0 Å². The maximum atomic E-state index is 12.1. The molecule has 27 heavy (non-hydrogen) atoms. The maximum Gasteiger partial charge on any atom is 0.155 e. The molecule has 0 radical (unpaired) electrons. The molecule has 0 N–H and O–H groups in total. The summed E-state index contributed by atoms with van der Waals surface area (Å²) in [5.41, 5.74) is 0.977. The van der Waals surface area contributed by atoms with Crippen LogP contribution in [-0.4, -0.2) is 44.0 Å². The number of Topliss-reactive ketones (excluding diaryl/α,β-unsaturated/α-hetero) is 1. The molecular formula is C21H32O5S. The summed E-state index contributed by atoms with van der Waals surface area (Å²) in [5, 5.41) is 0. The molecule has 2 rings (SSSR count). The van der Waals surface area contributed by atoms with E-state index in [1.54, 1.807) is 20.8 Å². The molecule has 0 aromatic heterocycles. The van der Waals surface area contributed by atoms with Crippen molar-refractivity contribution in [1.29, 1.82) is 0 Å². The molecule has 1 unspecified atom stereocenters. The number of carbonyl (C=O) groups excluding carboxylic acids is 1. The molecular weight excluding hydrogens is 364 g/mol. The minimum atomic E-state index is -3.06. The first kappa shape index (κ1) is 21.9. The normalized spacial score (nSPS) is 17.8. The van der Waals surface area contributed by atoms with E-state index >= 15 is 0 Å². The van der Waals surface area contributed by atoms with Crippen molar-refractivity contribution in [2.45, 2.75) is 70.1 Å². The van der Waals surface area contributed by atoms with E-state index in [0.717, 1.165) is 37.2 Å². The SMILES string of the molecule is CC(C)(C)S(=O)(=O)CCCCCC(=O)Cc1ccc(OC2CCOC2)cc1. The first-order valence-electron chi connectivity index (χ1n) is 9.75. The van der Waals surface area contributed by atoms with Gasteiger partial charge in [-0.05, 0) is 51.3 Å². The molecule has 1 aromatic carbocycles. The molecule has 0 spiro atoms. The Morgan fingerprint density at radius 2 is 1.85 bits per heavy atom. The highest BCUT2D eigenvalue weighted by molar-refractivity contribution is 7.92. The molecule has 0 bridgehead atoms.